The summed E-state index contributed by atoms with van der Waals surface area (Å²) in [6, 6.07) is 12.6. The molecule has 0 amide bonds. The number of rotatable bonds is 4. The highest BCUT2D eigenvalue weighted by molar-refractivity contribution is 5.49. The number of halogens is 1. The Hall–Kier alpha value is -1.91. The zero-order valence-corrected chi connectivity index (χ0v) is 12.0. The van der Waals surface area contributed by atoms with Crippen molar-refractivity contribution in [1.82, 2.24) is 5.43 Å². The smallest absolute Gasteiger partial charge is 0.128 e. The molecule has 4 heteroatoms. The molecule has 20 heavy (non-hydrogen) atoms. The fourth-order valence-electron chi connectivity index (χ4n) is 2.23. The van der Waals surface area contributed by atoms with E-state index < -0.39 is 0 Å². The molecule has 0 aliphatic carbocycles. The van der Waals surface area contributed by atoms with Crippen LogP contribution < -0.4 is 16.2 Å². The Bertz CT molecular complexity index is 596. The monoisotopic (exact) mass is 273 g/mol. The number of hydrazine groups is 1. The van der Waals surface area contributed by atoms with Gasteiger partial charge in [0, 0.05) is 25.3 Å². The van der Waals surface area contributed by atoms with Crippen molar-refractivity contribution in [3.8, 4) is 0 Å². The van der Waals surface area contributed by atoms with Gasteiger partial charge in [-0.1, -0.05) is 29.8 Å². The molecule has 0 saturated heterocycles. The van der Waals surface area contributed by atoms with E-state index in [2.05, 4.69) is 5.43 Å². The molecule has 0 aliphatic rings. The minimum atomic E-state index is -0.366. The number of nitrogens with one attached hydrogen (secondary N) is 1. The molecule has 2 aromatic carbocycles. The van der Waals surface area contributed by atoms with Gasteiger partial charge < -0.3 is 4.90 Å². The van der Waals surface area contributed by atoms with Gasteiger partial charge in [0.15, 0.2) is 0 Å². The molecular formula is C16H20FN3. The number of anilines is 1. The number of benzene rings is 2. The van der Waals surface area contributed by atoms with Crippen LogP contribution in [0.4, 0.5) is 10.1 Å². The van der Waals surface area contributed by atoms with Crippen LogP contribution in [0, 0.1) is 12.7 Å². The Morgan fingerprint density at radius 1 is 1.15 bits per heavy atom. The molecule has 3 N–H and O–H groups in total. The first kappa shape index (κ1) is 14.5. The number of hydrogen-bond acceptors (Lipinski definition) is 3. The van der Waals surface area contributed by atoms with Crippen LogP contribution in [0.5, 0.6) is 0 Å². The van der Waals surface area contributed by atoms with E-state index in [0.29, 0.717) is 5.56 Å². The molecule has 1 unspecified atom stereocenters. The third-order valence-corrected chi connectivity index (χ3v) is 3.35. The summed E-state index contributed by atoms with van der Waals surface area (Å²) in [6.07, 6.45) is 0. The van der Waals surface area contributed by atoms with Gasteiger partial charge in [0.1, 0.15) is 5.82 Å². The van der Waals surface area contributed by atoms with Gasteiger partial charge in [-0.3, -0.25) is 5.84 Å². The van der Waals surface area contributed by atoms with Crippen molar-refractivity contribution in [1.29, 1.82) is 0 Å². The zero-order chi connectivity index (χ0) is 14.7. The lowest BCUT2D eigenvalue weighted by atomic mass is 9.97. The molecule has 2 aromatic rings. The lowest BCUT2D eigenvalue weighted by Gasteiger charge is -2.20. The van der Waals surface area contributed by atoms with Gasteiger partial charge in [-0.05, 0) is 30.7 Å². The molecule has 0 radical (unpaired) electrons. The molecule has 0 saturated carbocycles. The summed E-state index contributed by atoms with van der Waals surface area (Å²) < 4.78 is 14.0. The van der Waals surface area contributed by atoms with Crippen molar-refractivity contribution >= 4 is 5.69 Å². The van der Waals surface area contributed by atoms with Gasteiger partial charge in [-0.2, -0.15) is 0 Å². The third-order valence-electron chi connectivity index (χ3n) is 3.35. The molecule has 0 aromatic heterocycles. The maximum absolute atomic E-state index is 14.0. The highest BCUT2D eigenvalue weighted by atomic mass is 19.1. The number of nitrogens with zero attached hydrogens (tertiary/aromatic N) is 1. The molecule has 106 valence electrons. The predicted octanol–water partition coefficient (Wildman–Crippen LogP) is 2.75. The van der Waals surface area contributed by atoms with Gasteiger partial charge in [0.25, 0.3) is 0 Å². The van der Waals surface area contributed by atoms with Crippen molar-refractivity contribution in [2.75, 3.05) is 19.0 Å². The topological polar surface area (TPSA) is 41.3 Å². The maximum Gasteiger partial charge on any atom is 0.128 e. The second-order valence-electron chi connectivity index (χ2n) is 5.11. The summed E-state index contributed by atoms with van der Waals surface area (Å²) in [6.45, 7) is 1.94. The van der Waals surface area contributed by atoms with Crippen molar-refractivity contribution in [3.05, 3.63) is 65.0 Å². The Labute approximate surface area is 119 Å². The zero-order valence-electron chi connectivity index (χ0n) is 12.0. The van der Waals surface area contributed by atoms with Crippen molar-refractivity contribution < 1.29 is 4.39 Å². The lowest BCUT2D eigenvalue weighted by Crippen LogP contribution is -2.29. The van der Waals surface area contributed by atoms with E-state index >= 15 is 0 Å². The molecule has 0 aliphatic heterocycles. The molecule has 2 rings (SSSR count). The normalized spacial score (nSPS) is 12.2. The van der Waals surface area contributed by atoms with Gasteiger partial charge in [-0.15, -0.1) is 0 Å². The average molecular weight is 273 g/mol. The van der Waals surface area contributed by atoms with E-state index in [1.54, 1.807) is 6.07 Å². The van der Waals surface area contributed by atoms with E-state index in [1.807, 2.05) is 56.3 Å². The van der Waals surface area contributed by atoms with E-state index in [-0.39, 0.29) is 11.9 Å². The fourth-order valence-corrected chi connectivity index (χ4v) is 2.23. The lowest BCUT2D eigenvalue weighted by molar-refractivity contribution is 0.559. The summed E-state index contributed by atoms with van der Waals surface area (Å²) in [5.41, 5.74) is 6.26. The van der Waals surface area contributed by atoms with Crippen LogP contribution in [-0.4, -0.2) is 14.1 Å². The van der Waals surface area contributed by atoms with Crippen LogP contribution in [0.3, 0.4) is 0 Å². The second kappa shape index (κ2) is 6.03. The van der Waals surface area contributed by atoms with Crippen molar-refractivity contribution in [2.45, 2.75) is 13.0 Å². The number of hydrogen-bond donors (Lipinski definition) is 2. The van der Waals surface area contributed by atoms with Gasteiger partial charge in [0.05, 0.1) is 6.04 Å². The molecule has 0 fully saturated rings. The fraction of sp³-hybridized carbons (Fsp3) is 0.250. The molecule has 1 atom stereocenters. The molecule has 0 bridgehead atoms. The average Bonchev–Trinajstić information content (AvgIpc) is 2.44. The first-order valence-electron chi connectivity index (χ1n) is 6.52. The van der Waals surface area contributed by atoms with Crippen LogP contribution >= 0.6 is 0 Å². The minimum Gasteiger partial charge on any atom is -0.378 e. The Morgan fingerprint density at radius 2 is 1.90 bits per heavy atom. The molecule has 0 heterocycles. The first-order chi connectivity index (χ1) is 9.52. The Morgan fingerprint density at radius 3 is 2.55 bits per heavy atom. The standard InChI is InChI=1S/C16H20FN3/c1-11-7-8-15(17)14(9-11)16(19-18)12-5-4-6-13(10-12)20(2)3/h4-10,16,19H,18H2,1-3H3. The van der Waals surface area contributed by atoms with E-state index in [9.17, 15) is 4.39 Å². The third kappa shape index (κ3) is 2.98. The quantitative estimate of drug-likeness (QED) is 0.665. The SMILES string of the molecule is Cc1ccc(F)c(C(NN)c2cccc(N(C)C)c2)c1. The Kier molecular flexibility index (Phi) is 4.37. The van der Waals surface area contributed by atoms with Gasteiger partial charge >= 0.3 is 0 Å². The Balaban J connectivity index is 2.46. The summed E-state index contributed by atoms with van der Waals surface area (Å²) in [5, 5.41) is 0. The molecular weight excluding hydrogens is 253 g/mol. The van der Waals surface area contributed by atoms with Crippen molar-refractivity contribution in [3.63, 3.8) is 0 Å². The minimum absolute atomic E-state index is 0.256. The summed E-state index contributed by atoms with van der Waals surface area (Å²) >= 11 is 0. The molecule has 3 nitrogen and oxygen atoms in total. The number of aryl methyl sites for hydroxylation is 1. The summed E-state index contributed by atoms with van der Waals surface area (Å²) in [5.74, 6) is 5.40. The second-order valence-corrected chi connectivity index (χ2v) is 5.11. The number of nitrogens with two attached hydrogens (primary N) is 1. The highest BCUT2D eigenvalue weighted by Crippen LogP contribution is 2.27. The van der Waals surface area contributed by atoms with Crippen LogP contribution in [-0.2, 0) is 0 Å². The summed E-state index contributed by atoms with van der Waals surface area (Å²) in [4.78, 5) is 2.00. The maximum atomic E-state index is 14.0. The van der Waals surface area contributed by atoms with E-state index in [0.717, 1.165) is 16.8 Å². The van der Waals surface area contributed by atoms with Crippen LogP contribution in [0.25, 0.3) is 0 Å². The van der Waals surface area contributed by atoms with E-state index in [1.165, 1.54) is 6.07 Å². The van der Waals surface area contributed by atoms with Crippen molar-refractivity contribution in [2.24, 2.45) is 5.84 Å². The van der Waals surface area contributed by atoms with E-state index in [4.69, 9.17) is 5.84 Å². The van der Waals surface area contributed by atoms with Crippen LogP contribution in [0.2, 0.25) is 0 Å². The predicted molar refractivity (Wildman–Crippen MR) is 81.1 cm³/mol. The largest absolute Gasteiger partial charge is 0.378 e. The van der Waals surface area contributed by atoms with Crippen LogP contribution in [0.15, 0.2) is 42.5 Å². The van der Waals surface area contributed by atoms with Gasteiger partial charge in [-0.25, -0.2) is 9.82 Å². The first-order valence-corrected chi connectivity index (χ1v) is 6.52. The van der Waals surface area contributed by atoms with Crippen LogP contribution in [0.1, 0.15) is 22.7 Å². The van der Waals surface area contributed by atoms with Gasteiger partial charge in [0.2, 0.25) is 0 Å². The highest BCUT2D eigenvalue weighted by Gasteiger charge is 2.17. The molecule has 0 spiro atoms. The summed E-state index contributed by atoms with van der Waals surface area (Å²) in [7, 11) is 3.94.